The Hall–Kier alpha value is -1.26. The standard InChI is InChI=1S/C8H15NO4/c1-5(6(10)11)9-7(12)13-8(2,3)4/h5H,1-4H3,(H,9,12)(H,10,11)/i1D,5D. The van der Waals surface area contributed by atoms with E-state index in [0.717, 1.165) is 0 Å². The molecule has 0 aromatic rings. The van der Waals surface area contributed by atoms with Gasteiger partial charge in [-0.15, -0.1) is 0 Å². The second kappa shape index (κ2) is 4.11. The van der Waals surface area contributed by atoms with E-state index in [2.05, 4.69) is 0 Å². The zero-order valence-electron chi connectivity index (χ0n) is 9.88. The van der Waals surface area contributed by atoms with Crippen LogP contribution in [0, 0.1) is 0 Å². The SMILES string of the molecule is [2H]CC([2H])(NC(=O)OC(C)(C)C)C(=O)O. The van der Waals surface area contributed by atoms with Gasteiger partial charge in [0.05, 0.1) is 1.37 Å². The molecule has 0 aromatic heterocycles. The normalized spacial score (nSPS) is 17.8. The van der Waals surface area contributed by atoms with E-state index in [4.69, 9.17) is 12.6 Å². The topological polar surface area (TPSA) is 75.6 Å². The summed E-state index contributed by atoms with van der Waals surface area (Å²) >= 11 is 0. The fraction of sp³-hybridized carbons (Fsp3) is 0.750. The summed E-state index contributed by atoms with van der Waals surface area (Å²) in [5.41, 5.74) is -0.772. The molecule has 5 nitrogen and oxygen atoms in total. The minimum atomic E-state index is -2.36. The van der Waals surface area contributed by atoms with Gasteiger partial charge >= 0.3 is 12.1 Å². The van der Waals surface area contributed by atoms with Gasteiger partial charge in [0.25, 0.3) is 0 Å². The maximum Gasteiger partial charge on any atom is 0.408 e. The molecule has 0 aliphatic carbocycles. The van der Waals surface area contributed by atoms with Crippen molar-refractivity contribution in [3.63, 3.8) is 0 Å². The van der Waals surface area contributed by atoms with Crippen molar-refractivity contribution in [2.24, 2.45) is 0 Å². The van der Waals surface area contributed by atoms with Crippen molar-refractivity contribution in [3.8, 4) is 0 Å². The van der Waals surface area contributed by atoms with Gasteiger partial charge in [0.2, 0.25) is 0 Å². The molecule has 1 unspecified atom stereocenters. The molecule has 0 aliphatic rings. The number of hydrogen-bond donors (Lipinski definition) is 2. The summed E-state index contributed by atoms with van der Waals surface area (Å²) < 4.78 is 18.9. The molecule has 0 rings (SSSR count). The summed E-state index contributed by atoms with van der Waals surface area (Å²) in [6.07, 6.45) is -1.02. The minimum absolute atomic E-state index is 0.772. The van der Waals surface area contributed by atoms with Crippen LogP contribution in [0.2, 0.25) is 0 Å². The van der Waals surface area contributed by atoms with Gasteiger partial charge in [-0.2, -0.15) is 0 Å². The summed E-state index contributed by atoms with van der Waals surface area (Å²) in [5.74, 6) is -1.59. The number of carboxylic acid groups (broad SMARTS) is 1. The van der Waals surface area contributed by atoms with Gasteiger partial charge in [-0.25, -0.2) is 4.79 Å². The number of carbonyl (C=O) groups is 2. The largest absolute Gasteiger partial charge is 0.480 e. The lowest BCUT2D eigenvalue weighted by Gasteiger charge is -2.20. The van der Waals surface area contributed by atoms with Crippen LogP contribution in [0.15, 0.2) is 0 Å². The number of carbonyl (C=O) groups excluding carboxylic acids is 1. The van der Waals surface area contributed by atoms with Gasteiger partial charge in [0, 0.05) is 1.37 Å². The van der Waals surface area contributed by atoms with Crippen molar-refractivity contribution in [2.45, 2.75) is 39.3 Å². The molecular formula is C8H15NO4. The first-order valence-electron chi connectivity index (χ1n) is 4.85. The predicted octanol–water partition coefficient (Wildman–Crippen LogP) is 0.984. The van der Waals surface area contributed by atoms with Crippen molar-refractivity contribution in [1.29, 1.82) is 0 Å². The Kier molecular flexibility index (Phi) is 2.64. The number of amides is 1. The molecule has 0 spiro atoms. The van der Waals surface area contributed by atoms with Crippen LogP contribution in [0.4, 0.5) is 4.79 Å². The number of carboxylic acids is 1. The molecule has 0 saturated heterocycles. The van der Waals surface area contributed by atoms with Crippen LogP contribution in [0.1, 0.15) is 30.4 Å². The van der Waals surface area contributed by atoms with Crippen LogP contribution in [-0.4, -0.2) is 28.8 Å². The maximum absolute atomic E-state index is 11.1. The molecule has 0 saturated carbocycles. The van der Waals surface area contributed by atoms with Crippen LogP contribution >= 0.6 is 0 Å². The second-order valence-electron chi connectivity index (χ2n) is 3.41. The van der Waals surface area contributed by atoms with Gasteiger partial charge in [-0.1, -0.05) is 0 Å². The monoisotopic (exact) mass is 191 g/mol. The lowest BCUT2D eigenvalue weighted by atomic mass is 10.2. The van der Waals surface area contributed by atoms with E-state index < -0.39 is 30.6 Å². The Labute approximate surface area is 79.9 Å². The summed E-state index contributed by atoms with van der Waals surface area (Å²) in [4.78, 5) is 21.7. The maximum atomic E-state index is 11.1. The van der Waals surface area contributed by atoms with E-state index in [1.54, 1.807) is 20.8 Å². The predicted molar refractivity (Wildman–Crippen MR) is 46.5 cm³/mol. The number of nitrogens with one attached hydrogen (secondary N) is 1. The first kappa shape index (κ1) is 8.34. The number of ether oxygens (including phenoxy) is 1. The quantitative estimate of drug-likeness (QED) is 0.682. The van der Waals surface area contributed by atoms with Gasteiger partial charge < -0.3 is 15.2 Å². The average Bonchev–Trinajstić information content (AvgIpc) is 1.99. The molecule has 0 radical (unpaired) electrons. The van der Waals surface area contributed by atoms with Gasteiger partial charge in [-0.05, 0) is 27.7 Å². The molecule has 1 amide bonds. The Balaban J connectivity index is 4.45. The lowest BCUT2D eigenvalue weighted by molar-refractivity contribution is -0.139. The fourth-order valence-corrected chi connectivity index (χ4v) is 0.480. The Bertz CT molecular complexity index is 264. The molecule has 5 heteroatoms. The van der Waals surface area contributed by atoms with Crippen molar-refractivity contribution in [1.82, 2.24) is 5.32 Å². The van der Waals surface area contributed by atoms with Gasteiger partial charge in [0.1, 0.15) is 11.6 Å². The first-order chi connectivity index (χ1) is 6.60. The van der Waals surface area contributed by atoms with Crippen molar-refractivity contribution in [2.75, 3.05) is 0 Å². The lowest BCUT2D eigenvalue weighted by Crippen LogP contribution is -2.41. The highest BCUT2D eigenvalue weighted by Gasteiger charge is 2.20. The third-order valence-electron chi connectivity index (χ3n) is 0.910. The number of hydrogen-bond acceptors (Lipinski definition) is 3. The van der Waals surface area contributed by atoms with Crippen molar-refractivity contribution in [3.05, 3.63) is 0 Å². The third-order valence-corrected chi connectivity index (χ3v) is 0.910. The summed E-state index contributed by atoms with van der Waals surface area (Å²) in [5, 5.41) is 10.4. The Morgan fingerprint density at radius 2 is 2.15 bits per heavy atom. The van der Waals surface area contributed by atoms with Gasteiger partial charge in [-0.3, -0.25) is 4.79 Å². The molecule has 76 valence electrons. The average molecular weight is 191 g/mol. The Morgan fingerprint density at radius 3 is 2.46 bits per heavy atom. The summed E-state index contributed by atoms with van der Waals surface area (Å²) in [7, 11) is 0. The summed E-state index contributed by atoms with van der Waals surface area (Å²) in [6.45, 7) is 4.04. The van der Waals surface area contributed by atoms with Crippen molar-refractivity contribution < 1.29 is 22.2 Å². The molecular weight excluding hydrogens is 174 g/mol. The van der Waals surface area contributed by atoms with Gasteiger partial charge in [0.15, 0.2) is 0 Å². The van der Waals surface area contributed by atoms with Crippen LogP contribution < -0.4 is 5.32 Å². The van der Waals surface area contributed by atoms with E-state index in [9.17, 15) is 9.59 Å². The molecule has 2 N–H and O–H groups in total. The second-order valence-corrected chi connectivity index (χ2v) is 3.41. The van der Waals surface area contributed by atoms with E-state index in [1.165, 1.54) is 0 Å². The number of rotatable bonds is 2. The highest BCUT2D eigenvalue weighted by atomic mass is 16.6. The van der Waals surface area contributed by atoms with Crippen LogP contribution in [0.5, 0.6) is 0 Å². The number of aliphatic carboxylic acids is 1. The Morgan fingerprint density at radius 1 is 1.62 bits per heavy atom. The molecule has 13 heavy (non-hydrogen) atoms. The molecule has 0 heterocycles. The number of alkyl carbamates (subject to hydrolysis) is 1. The molecule has 0 aromatic carbocycles. The van der Waals surface area contributed by atoms with Crippen LogP contribution in [-0.2, 0) is 9.53 Å². The smallest absolute Gasteiger partial charge is 0.408 e. The fourth-order valence-electron chi connectivity index (χ4n) is 0.480. The zero-order chi connectivity index (χ0) is 12.3. The molecule has 0 fully saturated rings. The molecule has 0 bridgehead atoms. The van der Waals surface area contributed by atoms with Crippen LogP contribution in [0.3, 0.4) is 0 Å². The first-order valence-corrected chi connectivity index (χ1v) is 3.64. The van der Waals surface area contributed by atoms with E-state index in [-0.39, 0.29) is 0 Å². The van der Waals surface area contributed by atoms with Crippen LogP contribution in [0.25, 0.3) is 0 Å². The molecule has 0 aliphatic heterocycles. The third kappa shape index (κ3) is 5.95. The zero-order valence-corrected chi connectivity index (χ0v) is 7.88. The highest BCUT2D eigenvalue weighted by Crippen LogP contribution is 2.06. The van der Waals surface area contributed by atoms with E-state index in [0.29, 0.717) is 0 Å². The molecule has 1 atom stereocenters. The van der Waals surface area contributed by atoms with E-state index in [1.807, 2.05) is 5.32 Å². The van der Waals surface area contributed by atoms with E-state index >= 15 is 0 Å². The van der Waals surface area contributed by atoms with Crippen molar-refractivity contribution >= 4 is 12.1 Å². The highest BCUT2D eigenvalue weighted by molar-refractivity contribution is 5.79. The minimum Gasteiger partial charge on any atom is -0.480 e. The summed E-state index contributed by atoms with van der Waals surface area (Å²) in [6, 6.07) is -2.36.